The molecule has 1 amide bonds. The van der Waals surface area contributed by atoms with Crippen LogP contribution < -0.4 is 15.8 Å². The van der Waals surface area contributed by atoms with Gasteiger partial charge in [0.15, 0.2) is 5.75 Å². The third-order valence-electron chi connectivity index (χ3n) is 3.29. The Morgan fingerprint density at radius 3 is 2.90 bits per heavy atom. The largest absolute Gasteiger partial charge is 0.488 e. The van der Waals surface area contributed by atoms with Gasteiger partial charge in [0.2, 0.25) is 11.7 Å². The molecule has 3 N–H and O–H groups in total. The first-order valence-electron chi connectivity index (χ1n) is 6.88. The normalized spacial score (nSPS) is 14.1. The Kier molecular flexibility index (Phi) is 3.79. The van der Waals surface area contributed by atoms with E-state index in [4.69, 9.17) is 27.1 Å². The number of nitrogens with two attached hydrogens (primary N) is 1. The minimum absolute atomic E-state index is 0.00201. The Morgan fingerprint density at radius 2 is 2.19 bits per heavy atom. The standard InChI is InChI=1S/C15H16N2O3S/c16-15(21)14-13(10-3-1-2-4-11(10)20-14)19-8-7-12(18)17-9-5-6-9/h1-4,9H,5-8H2,(H2,16,21)(H,17,18). The van der Waals surface area contributed by atoms with Crippen molar-refractivity contribution in [3.05, 3.63) is 30.0 Å². The Morgan fingerprint density at radius 1 is 1.43 bits per heavy atom. The number of hydrogen-bond acceptors (Lipinski definition) is 4. The molecule has 1 fully saturated rings. The van der Waals surface area contributed by atoms with E-state index in [1.165, 1.54) is 0 Å². The summed E-state index contributed by atoms with van der Waals surface area (Å²) in [6.07, 6.45) is 2.45. The maximum atomic E-state index is 11.6. The number of carbonyl (C=O) groups excluding carboxylic acids is 1. The molecule has 0 unspecified atom stereocenters. The lowest BCUT2D eigenvalue weighted by Crippen LogP contribution is -2.26. The molecule has 110 valence electrons. The lowest BCUT2D eigenvalue weighted by atomic mass is 10.2. The van der Waals surface area contributed by atoms with Gasteiger partial charge in [-0.05, 0) is 25.0 Å². The summed E-state index contributed by atoms with van der Waals surface area (Å²) in [7, 11) is 0. The summed E-state index contributed by atoms with van der Waals surface area (Å²) < 4.78 is 11.3. The van der Waals surface area contributed by atoms with Crippen LogP contribution in [0.25, 0.3) is 11.0 Å². The Bertz CT molecular complexity index is 691. The molecule has 1 saturated carbocycles. The van der Waals surface area contributed by atoms with E-state index >= 15 is 0 Å². The van der Waals surface area contributed by atoms with Crippen LogP contribution in [0.5, 0.6) is 5.75 Å². The summed E-state index contributed by atoms with van der Waals surface area (Å²) >= 11 is 4.98. The quantitative estimate of drug-likeness (QED) is 0.799. The highest BCUT2D eigenvalue weighted by molar-refractivity contribution is 7.80. The fourth-order valence-corrected chi connectivity index (χ4v) is 2.24. The Labute approximate surface area is 127 Å². The van der Waals surface area contributed by atoms with E-state index in [2.05, 4.69) is 5.32 Å². The van der Waals surface area contributed by atoms with Crippen molar-refractivity contribution in [2.45, 2.75) is 25.3 Å². The number of thiocarbonyl (C=S) groups is 1. The van der Waals surface area contributed by atoms with Gasteiger partial charge in [0.25, 0.3) is 0 Å². The van der Waals surface area contributed by atoms with Crippen molar-refractivity contribution in [3.63, 3.8) is 0 Å². The number of fused-ring (bicyclic) bond motifs is 1. The van der Waals surface area contributed by atoms with E-state index in [1.54, 1.807) is 0 Å². The molecule has 0 saturated heterocycles. The molecule has 1 aromatic carbocycles. The molecule has 1 aromatic heterocycles. The van der Waals surface area contributed by atoms with Gasteiger partial charge in [-0.1, -0.05) is 24.4 Å². The molecule has 6 heteroatoms. The second-order valence-corrected chi connectivity index (χ2v) is 5.50. The highest BCUT2D eigenvalue weighted by Crippen LogP contribution is 2.33. The fraction of sp³-hybridized carbons (Fsp3) is 0.333. The lowest BCUT2D eigenvalue weighted by Gasteiger charge is -2.06. The van der Waals surface area contributed by atoms with Gasteiger partial charge in [-0.25, -0.2) is 0 Å². The first kappa shape index (κ1) is 13.9. The van der Waals surface area contributed by atoms with Crippen molar-refractivity contribution in [2.75, 3.05) is 6.61 Å². The molecular weight excluding hydrogens is 288 g/mol. The van der Waals surface area contributed by atoms with E-state index in [0.29, 0.717) is 29.6 Å². The zero-order valence-electron chi connectivity index (χ0n) is 11.4. The smallest absolute Gasteiger partial charge is 0.223 e. The average Bonchev–Trinajstić information content (AvgIpc) is 3.18. The van der Waals surface area contributed by atoms with Crippen LogP contribution in [-0.2, 0) is 4.79 Å². The highest BCUT2D eigenvalue weighted by Gasteiger charge is 2.23. The van der Waals surface area contributed by atoms with Crippen LogP contribution >= 0.6 is 12.2 Å². The SMILES string of the molecule is NC(=S)c1oc2ccccc2c1OCCC(=O)NC1CC1. The molecule has 21 heavy (non-hydrogen) atoms. The molecule has 0 spiro atoms. The second kappa shape index (κ2) is 5.73. The van der Waals surface area contributed by atoms with Gasteiger partial charge in [-0.3, -0.25) is 4.79 Å². The predicted octanol–water partition coefficient (Wildman–Crippen LogP) is 2.11. The van der Waals surface area contributed by atoms with Crippen LogP contribution in [0.3, 0.4) is 0 Å². The van der Waals surface area contributed by atoms with Gasteiger partial charge in [0, 0.05) is 6.04 Å². The van der Waals surface area contributed by atoms with Crippen molar-refractivity contribution in [3.8, 4) is 5.75 Å². The van der Waals surface area contributed by atoms with Crippen LogP contribution in [0.1, 0.15) is 25.0 Å². The average molecular weight is 304 g/mol. The zero-order chi connectivity index (χ0) is 14.8. The summed E-state index contributed by atoms with van der Waals surface area (Å²) in [5, 5.41) is 3.72. The van der Waals surface area contributed by atoms with Gasteiger partial charge in [-0.15, -0.1) is 0 Å². The number of rotatable bonds is 6. The molecule has 0 radical (unpaired) electrons. The zero-order valence-corrected chi connectivity index (χ0v) is 12.2. The number of para-hydroxylation sites is 1. The van der Waals surface area contributed by atoms with Gasteiger partial charge in [-0.2, -0.15) is 0 Å². The van der Waals surface area contributed by atoms with Crippen LogP contribution in [0.15, 0.2) is 28.7 Å². The minimum Gasteiger partial charge on any atom is -0.488 e. The number of carbonyl (C=O) groups is 1. The van der Waals surface area contributed by atoms with Crippen molar-refractivity contribution >= 4 is 34.1 Å². The third kappa shape index (κ3) is 3.16. The lowest BCUT2D eigenvalue weighted by molar-refractivity contribution is -0.121. The van der Waals surface area contributed by atoms with Crippen molar-refractivity contribution < 1.29 is 13.9 Å². The number of nitrogens with one attached hydrogen (secondary N) is 1. The van der Waals surface area contributed by atoms with Crippen LogP contribution in [-0.4, -0.2) is 23.5 Å². The number of ether oxygens (including phenoxy) is 1. The van der Waals surface area contributed by atoms with Gasteiger partial charge < -0.3 is 20.2 Å². The molecular formula is C15H16N2O3S. The highest BCUT2D eigenvalue weighted by atomic mass is 32.1. The number of hydrogen-bond donors (Lipinski definition) is 2. The van der Waals surface area contributed by atoms with E-state index in [9.17, 15) is 4.79 Å². The maximum Gasteiger partial charge on any atom is 0.223 e. The van der Waals surface area contributed by atoms with Crippen molar-refractivity contribution in [1.82, 2.24) is 5.32 Å². The number of benzene rings is 1. The van der Waals surface area contributed by atoms with E-state index in [0.717, 1.165) is 18.2 Å². The molecule has 1 aliphatic rings. The van der Waals surface area contributed by atoms with E-state index in [-0.39, 0.29) is 17.5 Å². The van der Waals surface area contributed by atoms with E-state index in [1.807, 2.05) is 24.3 Å². The van der Waals surface area contributed by atoms with Crippen molar-refractivity contribution in [1.29, 1.82) is 0 Å². The molecule has 1 aliphatic carbocycles. The third-order valence-corrected chi connectivity index (χ3v) is 3.48. The van der Waals surface area contributed by atoms with Gasteiger partial charge in [0.1, 0.15) is 10.6 Å². The van der Waals surface area contributed by atoms with Crippen LogP contribution in [0, 0.1) is 0 Å². The summed E-state index contributed by atoms with van der Waals surface area (Å²) in [6, 6.07) is 7.80. The predicted molar refractivity (Wildman–Crippen MR) is 83.4 cm³/mol. The summed E-state index contributed by atoms with van der Waals surface area (Å²) in [6.45, 7) is 0.262. The topological polar surface area (TPSA) is 77.5 Å². The molecule has 0 bridgehead atoms. The molecule has 3 rings (SSSR count). The second-order valence-electron chi connectivity index (χ2n) is 5.06. The molecule has 1 heterocycles. The van der Waals surface area contributed by atoms with Crippen LogP contribution in [0.2, 0.25) is 0 Å². The van der Waals surface area contributed by atoms with Crippen molar-refractivity contribution in [2.24, 2.45) is 5.73 Å². The number of amides is 1. The summed E-state index contributed by atoms with van der Waals surface area (Å²) in [4.78, 5) is 11.8. The Hall–Kier alpha value is -2.08. The first-order valence-corrected chi connectivity index (χ1v) is 7.29. The Balaban J connectivity index is 1.71. The minimum atomic E-state index is 0.00201. The monoisotopic (exact) mass is 304 g/mol. The maximum absolute atomic E-state index is 11.6. The van der Waals surface area contributed by atoms with E-state index < -0.39 is 0 Å². The summed E-state index contributed by atoms with van der Waals surface area (Å²) in [5.41, 5.74) is 6.33. The van der Waals surface area contributed by atoms with Gasteiger partial charge in [0.05, 0.1) is 18.4 Å². The van der Waals surface area contributed by atoms with Crippen LogP contribution in [0.4, 0.5) is 0 Å². The molecule has 2 aromatic rings. The van der Waals surface area contributed by atoms with Gasteiger partial charge >= 0.3 is 0 Å². The first-order chi connectivity index (χ1) is 10.1. The molecule has 5 nitrogen and oxygen atoms in total. The molecule has 0 atom stereocenters. The fourth-order valence-electron chi connectivity index (χ4n) is 2.10. The number of furan rings is 1. The summed E-state index contributed by atoms with van der Waals surface area (Å²) in [5.74, 6) is 0.869. The molecule has 0 aliphatic heterocycles.